The Morgan fingerprint density at radius 2 is 1.72 bits per heavy atom. The number of hydrogen-bond donors (Lipinski definition) is 1. The van der Waals surface area contributed by atoms with Gasteiger partial charge in [-0.15, -0.1) is 0 Å². The molecule has 0 saturated heterocycles. The van der Waals surface area contributed by atoms with Crippen molar-refractivity contribution in [2.24, 2.45) is 0 Å². The molecular weight excluding hydrogens is 406 g/mol. The zero-order valence-electron chi connectivity index (χ0n) is 18.9. The average Bonchev–Trinajstić information content (AvgIpc) is 2.79. The summed E-state index contributed by atoms with van der Waals surface area (Å²) in [5, 5.41) is 2.79. The molecular formula is C26H31NO5. The second-order valence-electron chi connectivity index (χ2n) is 8.14. The van der Waals surface area contributed by atoms with E-state index in [0.29, 0.717) is 22.7 Å². The van der Waals surface area contributed by atoms with Crippen LogP contribution in [0.15, 0.2) is 48.5 Å². The minimum absolute atomic E-state index is 0.0189. The predicted octanol–water partition coefficient (Wildman–Crippen LogP) is 5.62. The van der Waals surface area contributed by atoms with E-state index >= 15 is 0 Å². The molecule has 1 N–H and O–H groups in total. The fraction of sp³-hybridized carbons (Fsp3) is 0.385. The molecule has 32 heavy (non-hydrogen) atoms. The number of anilines is 1. The topological polar surface area (TPSA) is 73.9 Å². The number of methoxy groups -OCH3 is 1. The van der Waals surface area contributed by atoms with Gasteiger partial charge >= 0.3 is 5.97 Å². The lowest BCUT2D eigenvalue weighted by Crippen LogP contribution is -2.20. The van der Waals surface area contributed by atoms with Gasteiger partial charge in [-0.3, -0.25) is 4.79 Å². The van der Waals surface area contributed by atoms with E-state index in [4.69, 9.17) is 14.2 Å². The lowest BCUT2D eigenvalue weighted by Gasteiger charge is -2.21. The summed E-state index contributed by atoms with van der Waals surface area (Å²) in [6.45, 7) is 3.90. The van der Waals surface area contributed by atoms with Crippen LogP contribution in [-0.2, 0) is 9.53 Å². The van der Waals surface area contributed by atoms with Crippen molar-refractivity contribution in [1.29, 1.82) is 0 Å². The van der Waals surface area contributed by atoms with Crippen molar-refractivity contribution in [3.8, 4) is 11.5 Å². The molecule has 0 aliphatic heterocycles. The second-order valence-corrected chi connectivity index (χ2v) is 8.14. The first-order valence-electron chi connectivity index (χ1n) is 11.1. The molecule has 0 atom stereocenters. The smallest absolute Gasteiger partial charge is 0.338 e. The number of rotatable bonds is 8. The van der Waals surface area contributed by atoms with Crippen LogP contribution in [0.5, 0.6) is 11.5 Å². The third kappa shape index (κ3) is 6.87. The van der Waals surface area contributed by atoms with Gasteiger partial charge in [0.2, 0.25) is 5.91 Å². The lowest BCUT2D eigenvalue weighted by molar-refractivity contribution is -0.111. The molecule has 1 aliphatic rings. The average molecular weight is 438 g/mol. The molecule has 1 saturated carbocycles. The highest BCUT2D eigenvalue weighted by Crippen LogP contribution is 2.29. The van der Waals surface area contributed by atoms with Gasteiger partial charge in [0.15, 0.2) is 11.5 Å². The first kappa shape index (κ1) is 23.4. The molecule has 1 fully saturated rings. The molecule has 0 heterocycles. The van der Waals surface area contributed by atoms with Crippen LogP contribution < -0.4 is 14.8 Å². The summed E-state index contributed by atoms with van der Waals surface area (Å²) in [6.07, 6.45) is 8.51. The van der Waals surface area contributed by atoms with Crippen molar-refractivity contribution in [3.63, 3.8) is 0 Å². The van der Waals surface area contributed by atoms with E-state index in [0.717, 1.165) is 31.2 Å². The zero-order chi connectivity index (χ0) is 22.9. The van der Waals surface area contributed by atoms with Crippen LogP contribution in [0.1, 0.15) is 61.9 Å². The number of esters is 1. The summed E-state index contributed by atoms with van der Waals surface area (Å²) in [4.78, 5) is 24.6. The highest BCUT2D eigenvalue weighted by molar-refractivity contribution is 6.02. The van der Waals surface area contributed by atoms with Crippen LogP contribution in [0, 0.1) is 0 Å². The fourth-order valence-corrected chi connectivity index (χ4v) is 3.59. The van der Waals surface area contributed by atoms with Crippen molar-refractivity contribution in [2.45, 2.75) is 58.2 Å². The van der Waals surface area contributed by atoms with E-state index in [1.807, 2.05) is 32.0 Å². The number of carbonyl (C=O) groups excluding carboxylic acids is 2. The van der Waals surface area contributed by atoms with Crippen LogP contribution in [0.2, 0.25) is 0 Å². The van der Waals surface area contributed by atoms with E-state index in [2.05, 4.69) is 5.32 Å². The van der Waals surface area contributed by atoms with E-state index < -0.39 is 0 Å². The molecule has 170 valence electrons. The fourth-order valence-electron chi connectivity index (χ4n) is 3.59. The van der Waals surface area contributed by atoms with Crippen LogP contribution in [0.3, 0.4) is 0 Å². The molecule has 0 spiro atoms. The van der Waals surface area contributed by atoms with Gasteiger partial charge in [0.25, 0.3) is 0 Å². The van der Waals surface area contributed by atoms with Gasteiger partial charge in [-0.25, -0.2) is 4.79 Å². The Bertz CT molecular complexity index is 943. The molecule has 0 radical (unpaired) electrons. The maximum atomic E-state index is 12.3. The molecule has 6 nitrogen and oxygen atoms in total. The number of amides is 1. The monoisotopic (exact) mass is 437 g/mol. The van der Waals surface area contributed by atoms with Gasteiger partial charge < -0.3 is 19.5 Å². The van der Waals surface area contributed by atoms with E-state index in [-0.39, 0.29) is 24.1 Å². The van der Waals surface area contributed by atoms with Gasteiger partial charge in [0.1, 0.15) is 6.10 Å². The zero-order valence-corrected chi connectivity index (χ0v) is 18.9. The summed E-state index contributed by atoms with van der Waals surface area (Å²) < 4.78 is 16.7. The van der Waals surface area contributed by atoms with Crippen LogP contribution in [-0.4, -0.2) is 31.2 Å². The van der Waals surface area contributed by atoms with Gasteiger partial charge in [-0.1, -0.05) is 12.5 Å². The summed E-state index contributed by atoms with van der Waals surface area (Å²) in [6, 6.07) is 12.2. The Balaban J connectivity index is 1.55. The SMILES string of the molecule is COc1cc(/C=C/C(=O)Nc2ccc(C(=O)OC3CCCCC3)cc2)ccc1OC(C)C. The Labute approximate surface area is 189 Å². The Morgan fingerprint density at radius 3 is 2.38 bits per heavy atom. The minimum atomic E-state index is -0.312. The third-order valence-corrected chi connectivity index (χ3v) is 5.19. The molecule has 0 aromatic heterocycles. The van der Waals surface area contributed by atoms with Gasteiger partial charge in [0.05, 0.1) is 18.8 Å². The molecule has 3 rings (SSSR count). The van der Waals surface area contributed by atoms with Gasteiger partial charge in [0, 0.05) is 11.8 Å². The molecule has 2 aromatic carbocycles. The summed E-state index contributed by atoms with van der Waals surface area (Å²) >= 11 is 0. The molecule has 2 aromatic rings. The predicted molar refractivity (Wildman–Crippen MR) is 125 cm³/mol. The highest BCUT2D eigenvalue weighted by Gasteiger charge is 2.18. The molecule has 0 bridgehead atoms. The first-order chi connectivity index (χ1) is 15.4. The lowest BCUT2D eigenvalue weighted by atomic mass is 9.98. The minimum Gasteiger partial charge on any atom is -0.493 e. The van der Waals surface area contributed by atoms with E-state index in [1.54, 1.807) is 37.5 Å². The number of ether oxygens (including phenoxy) is 3. The quantitative estimate of drug-likeness (QED) is 0.428. The van der Waals surface area contributed by atoms with Crippen molar-refractivity contribution < 1.29 is 23.8 Å². The number of nitrogens with one attached hydrogen (secondary N) is 1. The standard InChI is InChI=1S/C26H31NO5/c1-18(2)31-23-15-9-19(17-24(23)30-3)10-16-25(28)27-21-13-11-20(12-14-21)26(29)32-22-7-5-4-6-8-22/h9-18,22H,4-8H2,1-3H3,(H,27,28)/b16-10+. The van der Waals surface area contributed by atoms with Crippen molar-refractivity contribution >= 4 is 23.6 Å². The van der Waals surface area contributed by atoms with Crippen LogP contribution in [0.4, 0.5) is 5.69 Å². The molecule has 1 amide bonds. The third-order valence-electron chi connectivity index (χ3n) is 5.19. The second kappa shape index (κ2) is 11.4. The number of carbonyl (C=O) groups is 2. The highest BCUT2D eigenvalue weighted by atomic mass is 16.5. The van der Waals surface area contributed by atoms with Crippen molar-refractivity contribution in [3.05, 3.63) is 59.7 Å². The Kier molecular flexibility index (Phi) is 8.31. The summed E-state index contributed by atoms with van der Waals surface area (Å²) in [5.74, 6) is 0.681. The molecule has 1 aliphatic carbocycles. The van der Waals surface area contributed by atoms with Gasteiger partial charge in [-0.2, -0.15) is 0 Å². The maximum Gasteiger partial charge on any atom is 0.338 e. The Morgan fingerprint density at radius 1 is 1.00 bits per heavy atom. The normalized spacial score (nSPS) is 14.4. The summed E-state index contributed by atoms with van der Waals surface area (Å²) in [5.41, 5.74) is 1.90. The number of hydrogen-bond acceptors (Lipinski definition) is 5. The van der Waals surface area contributed by atoms with Crippen molar-refractivity contribution in [2.75, 3.05) is 12.4 Å². The van der Waals surface area contributed by atoms with E-state index in [1.165, 1.54) is 12.5 Å². The first-order valence-corrected chi connectivity index (χ1v) is 11.1. The van der Waals surface area contributed by atoms with Gasteiger partial charge in [-0.05, 0) is 87.6 Å². The van der Waals surface area contributed by atoms with Crippen LogP contribution in [0.25, 0.3) is 6.08 Å². The number of benzene rings is 2. The van der Waals surface area contributed by atoms with Crippen LogP contribution >= 0.6 is 0 Å². The maximum absolute atomic E-state index is 12.3. The summed E-state index contributed by atoms with van der Waals surface area (Å²) in [7, 11) is 1.58. The van der Waals surface area contributed by atoms with Crippen molar-refractivity contribution in [1.82, 2.24) is 0 Å². The Hall–Kier alpha value is -3.28. The van der Waals surface area contributed by atoms with E-state index in [9.17, 15) is 9.59 Å². The molecule has 6 heteroatoms. The molecule has 0 unspecified atom stereocenters. The largest absolute Gasteiger partial charge is 0.493 e.